The Balaban J connectivity index is 1.95. The first-order valence-corrected chi connectivity index (χ1v) is 7.59. The van der Waals surface area contributed by atoms with E-state index >= 15 is 0 Å². The SMILES string of the molecule is COc1cc(/C=C\c2ccc3ccccc3n2)cc(OC)c1OC. The van der Waals surface area contributed by atoms with Gasteiger partial charge in [0.15, 0.2) is 11.5 Å². The Morgan fingerprint density at radius 3 is 2.17 bits per heavy atom. The predicted molar refractivity (Wildman–Crippen MR) is 96.8 cm³/mol. The van der Waals surface area contributed by atoms with Gasteiger partial charge in [-0.1, -0.05) is 30.3 Å². The fraction of sp³-hybridized carbons (Fsp3) is 0.150. The lowest BCUT2D eigenvalue weighted by molar-refractivity contribution is 0.324. The number of aromatic nitrogens is 1. The van der Waals surface area contributed by atoms with Crippen molar-refractivity contribution in [2.24, 2.45) is 0 Å². The summed E-state index contributed by atoms with van der Waals surface area (Å²) < 4.78 is 16.1. The fourth-order valence-electron chi connectivity index (χ4n) is 2.55. The maximum Gasteiger partial charge on any atom is 0.203 e. The van der Waals surface area contributed by atoms with Crippen LogP contribution in [-0.4, -0.2) is 26.3 Å². The fourth-order valence-corrected chi connectivity index (χ4v) is 2.55. The largest absolute Gasteiger partial charge is 0.493 e. The van der Waals surface area contributed by atoms with Crippen LogP contribution in [0, 0.1) is 0 Å². The van der Waals surface area contributed by atoms with Crippen LogP contribution in [0.5, 0.6) is 17.2 Å². The van der Waals surface area contributed by atoms with Crippen LogP contribution in [0.4, 0.5) is 0 Å². The maximum atomic E-state index is 5.37. The Hall–Kier alpha value is -3.01. The van der Waals surface area contributed by atoms with Gasteiger partial charge in [0, 0.05) is 5.39 Å². The van der Waals surface area contributed by atoms with Gasteiger partial charge in [0.2, 0.25) is 5.75 Å². The van der Waals surface area contributed by atoms with Gasteiger partial charge in [-0.3, -0.25) is 0 Å². The molecule has 0 bridgehead atoms. The number of hydrogen-bond acceptors (Lipinski definition) is 4. The number of benzene rings is 2. The molecule has 0 fully saturated rings. The highest BCUT2D eigenvalue weighted by Crippen LogP contribution is 2.38. The monoisotopic (exact) mass is 321 g/mol. The highest BCUT2D eigenvalue weighted by Gasteiger charge is 2.11. The van der Waals surface area contributed by atoms with Crippen LogP contribution in [0.15, 0.2) is 48.5 Å². The number of rotatable bonds is 5. The molecule has 3 aromatic rings. The molecule has 1 heterocycles. The minimum Gasteiger partial charge on any atom is -0.493 e. The molecule has 0 unspecified atom stereocenters. The summed E-state index contributed by atoms with van der Waals surface area (Å²) in [5, 5.41) is 1.13. The average Bonchev–Trinajstić information content (AvgIpc) is 2.65. The van der Waals surface area contributed by atoms with E-state index in [4.69, 9.17) is 14.2 Å². The maximum absolute atomic E-state index is 5.37. The molecule has 0 spiro atoms. The Kier molecular flexibility index (Phi) is 4.66. The van der Waals surface area contributed by atoms with E-state index in [-0.39, 0.29) is 0 Å². The predicted octanol–water partition coefficient (Wildman–Crippen LogP) is 4.43. The van der Waals surface area contributed by atoms with E-state index in [1.165, 1.54) is 0 Å². The van der Waals surface area contributed by atoms with Gasteiger partial charge in [-0.15, -0.1) is 0 Å². The van der Waals surface area contributed by atoms with Crippen LogP contribution in [0.3, 0.4) is 0 Å². The number of pyridine rings is 1. The summed E-state index contributed by atoms with van der Waals surface area (Å²) in [4.78, 5) is 4.64. The quantitative estimate of drug-likeness (QED) is 0.697. The highest BCUT2D eigenvalue weighted by molar-refractivity contribution is 5.81. The first-order valence-electron chi connectivity index (χ1n) is 7.59. The number of methoxy groups -OCH3 is 3. The lowest BCUT2D eigenvalue weighted by Gasteiger charge is -2.12. The van der Waals surface area contributed by atoms with Crippen molar-refractivity contribution in [3.05, 3.63) is 59.8 Å². The Morgan fingerprint density at radius 1 is 0.792 bits per heavy atom. The summed E-state index contributed by atoms with van der Waals surface area (Å²) in [7, 11) is 4.81. The third-order valence-corrected chi connectivity index (χ3v) is 3.75. The van der Waals surface area contributed by atoms with Crippen LogP contribution in [0.1, 0.15) is 11.3 Å². The molecule has 1 aromatic heterocycles. The topological polar surface area (TPSA) is 40.6 Å². The van der Waals surface area contributed by atoms with Gasteiger partial charge in [-0.2, -0.15) is 0 Å². The lowest BCUT2D eigenvalue weighted by Crippen LogP contribution is -1.95. The molecule has 0 N–H and O–H groups in total. The van der Waals surface area contributed by atoms with E-state index in [2.05, 4.69) is 17.1 Å². The first-order chi connectivity index (χ1) is 11.7. The molecule has 24 heavy (non-hydrogen) atoms. The van der Waals surface area contributed by atoms with Crippen molar-refractivity contribution in [1.82, 2.24) is 4.98 Å². The third-order valence-electron chi connectivity index (χ3n) is 3.75. The second-order valence-electron chi connectivity index (χ2n) is 5.22. The second-order valence-corrected chi connectivity index (χ2v) is 5.22. The molecule has 0 aliphatic carbocycles. The summed E-state index contributed by atoms with van der Waals surface area (Å²) >= 11 is 0. The van der Waals surface area contributed by atoms with E-state index in [0.717, 1.165) is 22.2 Å². The van der Waals surface area contributed by atoms with E-state index in [0.29, 0.717) is 17.2 Å². The number of ether oxygens (including phenoxy) is 3. The van der Waals surface area contributed by atoms with Crippen molar-refractivity contribution < 1.29 is 14.2 Å². The summed E-state index contributed by atoms with van der Waals surface area (Å²) in [6, 6.07) is 15.9. The van der Waals surface area contributed by atoms with Gasteiger partial charge in [0.1, 0.15) is 0 Å². The van der Waals surface area contributed by atoms with Crippen LogP contribution < -0.4 is 14.2 Å². The Labute approximate surface area is 141 Å². The molecule has 2 aromatic carbocycles. The summed E-state index contributed by atoms with van der Waals surface area (Å²) in [6.45, 7) is 0. The molecular weight excluding hydrogens is 302 g/mol. The molecule has 0 atom stereocenters. The number of para-hydroxylation sites is 1. The molecule has 4 heteroatoms. The van der Waals surface area contributed by atoms with Crippen LogP contribution in [0.25, 0.3) is 23.1 Å². The number of hydrogen-bond donors (Lipinski definition) is 0. The minimum atomic E-state index is 0.584. The average molecular weight is 321 g/mol. The zero-order valence-corrected chi connectivity index (χ0v) is 13.9. The van der Waals surface area contributed by atoms with Crippen molar-refractivity contribution in [1.29, 1.82) is 0 Å². The van der Waals surface area contributed by atoms with Gasteiger partial charge in [0.25, 0.3) is 0 Å². The van der Waals surface area contributed by atoms with Crippen LogP contribution >= 0.6 is 0 Å². The van der Waals surface area contributed by atoms with Crippen molar-refractivity contribution in [3.63, 3.8) is 0 Å². The zero-order chi connectivity index (χ0) is 16.9. The number of fused-ring (bicyclic) bond motifs is 1. The van der Waals surface area contributed by atoms with Gasteiger partial charge < -0.3 is 14.2 Å². The smallest absolute Gasteiger partial charge is 0.203 e. The zero-order valence-electron chi connectivity index (χ0n) is 13.9. The van der Waals surface area contributed by atoms with E-state index in [9.17, 15) is 0 Å². The molecule has 0 amide bonds. The van der Waals surface area contributed by atoms with Crippen molar-refractivity contribution in [2.75, 3.05) is 21.3 Å². The van der Waals surface area contributed by atoms with Crippen molar-refractivity contribution >= 4 is 23.1 Å². The van der Waals surface area contributed by atoms with Gasteiger partial charge in [0.05, 0.1) is 32.5 Å². The molecule has 0 saturated carbocycles. The molecule has 0 saturated heterocycles. The highest BCUT2D eigenvalue weighted by atomic mass is 16.5. The molecular formula is C20H19NO3. The van der Waals surface area contributed by atoms with E-state index < -0.39 is 0 Å². The summed E-state index contributed by atoms with van der Waals surface area (Å²) in [6.07, 6.45) is 3.94. The minimum absolute atomic E-state index is 0.584. The van der Waals surface area contributed by atoms with E-state index in [1.54, 1.807) is 21.3 Å². The Bertz CT molecular complexity index is 862. The lowest BCUT2D eigenvalue weighted by atomic mass is 10.1. The van der Waals surface area contributed by atoms with Gasteiger partial charge in [-0.25, -0.2) is 4.98 Å². The van der Waals surface area contributed by atoms with Crippen LogP contribution in [0.2, 0.25) is 0 Å². The normalized spacial score (nSPS) is 11.0. The first kappa shape index (κ1) is 15.9. The molecule has 4 nitrogen and oxygen atoms in total. The summed E-state index contributed by atoms with van der Waals surface area (Å²) in [5.74, 6) is 1.84. The van der Waals surface area contributed by atoms with Crippen molar-refractivity contribution in [3.8, 4) is 17.2 Å². The van der Waals surface area contributed by atoms with E-state index in [1.807, 2.05) is 48.6 Å². The molecule has 0 aliphatic heterocycles. The molecule has 3 rings (SSSR count). The number of nitrogens with zero attached hydrogens (tertiary/aromatic N) is 1. The standard InChI is InChI=1S/C20H19NO3/c1-22-18-12-14(13-19(23-2)20(18)24-3)8-10-16-11-9-15-6-4-5-7-17(15)21-16/h4-13H,1-3H3/b10-8-. The molecule has 0 aliphatic rings. The van der Waals surface area contributed by atoms with Gasteiger partial charge in [-0.05, 0) is 35.9 Å². The van der Waals surface area contributed by atoms with Gasteiger partial charge >= 0.3 is 0 Å². The Morgan fingerprint density at radius 2 is 1.50 bits per heavy atom. The third kappa shape index (κ3) is 3.18. The molecule has 0 radical (unpaired) electrons. The summed E-state index contributed by atoms with van der Waals surface area (Å²) in [5.41, 5.74) is 2.81. The molecule has 122 valence electrons. The van der Waals surface area contributed by atoms with Crippen LogP contribution in [-0.2, 0) is 0 Å². The van der Waals surface area contributed by atoms with Crippen molar-refractivity contribution in [2.45, 2.75) is 0 Å². The second kappa shape index (κ2) is 7.04.